The number of benzene rings is 2. The van der Waals surface area contributed by atoms with E-state index >= 15 is 0 Å². The van der Waals surface area contributed by atoms with Gasteiger partial charge in [0.05, 0.1) is 12.6 Å². The molecule has 1 aliphatic heterocycles. The van der Waals surface area contributed by atoms with Gasteiger partial charge in [0.2, 0.25) is 0 Å². The first-order valence-corrected chi connectivity index (χ1v) is 13.2. The van der Waals surface area contributed by atoms with E-state index in [1.807, 2.05) is 36.4 Å². The van der Waals surface area contributed by atoms with Crippen LogP contribution in [0.3, 0.4) is 0 Å². The molecule has 1 amide bonds. The van der Waals surface area contributed by atoms with Crippen molar-refractivity contribution < 1.29 is 47.6 Å². The predicted octanol–water partition coefficient (Wildman–Crippen LogP) is 2.02. The van der Waals surface area contributed by atoms with Crippen LogP contribution >= 0.6 is 0 Å². The first-order chi connectivity index (χ1) is 19.7. The van der Waals surface area contributed by atoms with E-state index in [4.69, 9.17) is 34.2 Å². The van der Waals surface area contributed by atoms with Crippen LogP contribution in [0.1, 0.15) is 37.8 Å². The third kappa shape index (κ3) is 7.40. The van der Waals surface area contributed by atoms with Gasteiger partial charge >= 0.3 is 24.0 Å². The number of amides is 1. The fraction of sp³-hybridized carbons (Fsp3) is 0.448. The lowest BCUT2D eigenvalue weighted by Gasteiger charge is -2.43. The number of hydrogen-bond donors (Lipinski definition) is 2. The lowest BCUT2D eigenvalue weighted by Crippen LogP contribution is -2.65. The van der Waals surface area contributed by atoms with Gasteiger partial charge in [0.15, 0.2) is 18.5 Å². The van der Waals surface area contributed by atoms with E-state index in [9.17, 15) is 19.2 Å². The third-order valence-corrected chi connectivity index (χ3v) is 6.74. The summed E-state index contributed by atoms with van der Waals surface area (Å²) in [4.78, 5) is 47.3. The molecule has 220 valence electrons. The van der Waals surface area contributed by atoms with Gasteiger partial charge in [-0.2, -0.15) is 0 Å². The lowest BCUT2D eigenvalue weighted by atomic mass is 9.97. The van der Waals surface area contributed by atoms with E-state index in [0.717, 1.165) is 22.3 Å². The van der Waals surface area contributed by atoms with Gasteiger partial charge in [0.25, 0.3) is 0 Å². The zero-order valence-electron chi connectivity index (χ0n) is 23.1. The molecule has 0 bridgehead atoms. The zero-order valence-corrected chi connectivity index (χ0v) is 23.1. The second-order valence-electron chi connectivity index (χ2n) is 9.69. The summed E-state index contributed by atoms with van der Waals surface area (Å²) in [6.45, 7) is 3.46. The summed E-state index contributed by atoms with van der Waals surface area (Å²) in [6, 6.07) is 15.0. The number of esters is 3. The van der Waals surface area contributed by atoms with Crippen LogP contribution < -0.4 is 11.1 Å². The number of rotatable bonds is 10. The smallest absolute Gasteiger partial charge is 0.407 e. The molecule has 1 aliphatic carbocycles. The standard InChI is InChI=1S/C29H34N2O10/c1-16(32)37-15-24-26(39-17(2)33)27(40-18(3)34)25(30)28(41-24)36-13-12-31-29(35)38-14-23-21-10-6-4-8-19(21)20-9-5-7-11-22(20)23/h4-11,23-28H,12-15,30H2,1-3H3,(H,31,35)/t24?,25?,26-,27+,28+/m0/s1. The van der Waals surface area contributed by atoms with Crippen molar-refractivity contribution in [2.45, 2.75) is 57.3 Å². The Morgan fingerprint density at radius 2 is 1.39 bits per heavy atom. The molecule has 2 aromatic carbocycles. The highest BCUT2D eigenvalue weighted by Crippen LogP contribution is 2.44. The Hall–Kier alpha value is -4.00. The Bertz CT molecular complexity index is 1220. The Morgan fingerprint density at radius 3 is 1.98 bits per heavy atom. The highest BCUT2D eigenvalue weighted by molar-refractivity contribution is 5.79. The summed E-state index contributed by atoms with van der Waals surface area (Å²) in [5, 5.41) is 2.63. The van der Waals surface area contributed by atoms with Crippen molar-refractivity contribution in [2.24, 2.45) is 5.73 Å². The molecule has 0 aromatic heterocycles. The van der Waals surface area contributed by atoms with Crippen molar-refractivity contribution >= 4 is 24.0 Å². The number of alkyl carbamates (subject to hydrolysis) is 1. The van der Waals surface area contributed by atoms with Gasteiger partial charge in [-0.15, -0.1) is 0 Å². The van der Waals surface area contributed by atoms with E-state index in [2.05, 4.69) is 17.4 Å². The maximum Gasteiger partial charge on any atom is 0.407 e. The minimum Gasteiger partial charge on any atom is -0.463 e. The highest BCUT2D eigenvalue weighted by atomic mass is 16.7. The molecule has 0 spiro atoms. The van der Waals surface area contributed by atoms with Crippen molar-refractivity contribution in [3.63, 3.8) is 0 Å². The second kappa shape index (κ2) is 13.6. The predicted molar refractivity (Wildman–Crippen MR) is 143 cm³/mol. The van der Waals surface area contributed by atoms with Crippen molar-refractivity contribution in [2.75, 3.05) is 26.4 Å². The lowest BCUT2D eigenvalue weighted by molar-refractivity contribution is -0.273. The monoisotopic (exact) mass is 570 g/mol. The van der Waals surface area contributed by atoms with Gasteiger partial charge in [0, 0.05) is 33.2 Å². The summed E-state index contributed by atoms with van der Waals surface area (Å²) < 4.78 is 32.7. The average molecular weight is 571 g/mol. The molecule has 12 nitrogen and oxygen atoms in total. The Labute approximate surface area is 237 Å². The van der Waals surface area contributed by atoms with Crippen molar-refractivity contribution in [1.82, 2.24) is 5.32 Å². The molecule has 1 heterocycles. The zero-order chi connectivity index (χ0) is 29.5. The molecular weight excluding hydrogens is 536 g/mol. The molecule has 5 atom stereocenters. The van der Waals surface area contributed by atoms with Gasteiger partial charge in [-0.05, 0) is 22.3 Å². The summed E-state index contributed by atoms with van der Waals surface area (Å²) in [6.07, 6.45) is -5.04. The molecule has 0 saturated carbocycles. The molecule has 1 fully saturated rings. The minimum atomic E-state index is -1.13. The number of fused-ring (bicyclic) bond motifs is 3. The Morgan fingerprint density at radius 1 is 0.805 bits per heavy atom. The number of hydrogen-bond acceptors (Lipinski definition) is 11. The van der Waals surface area contributed by atoms with Crippen LogP contribution in [0.2, 0.25) is 0 Å². The summed E-state index contributed by atoms with van der Waals surface area (Å²) in [5.41, 5.74) is 10.7. The summed E-state index contributed by atoms with van der Waals surface area (Å²) >= 11 is 0. The summed E-state index contributed by atoms with van der Waals surface area (Å²) in [5.74, 6) is -1.98. The average Bonchev–Trinajstić information content (AvgIpc) is 3.25. The summed E-state index contributed by atoms with van der Waals surface area (Å²) in [7, 11) is 0. The normalized spacial score (nSPS) is 23.1. The van der Waals surface area contributed by atoms with E-state index < -0.39 is 54.6 Å². The minimum absolute atomic E-state index is 0.0339. The van der Waals surface area contributed by atoms with Crippen molar-refractivity contribution in [1.29, 1.82) is 0 Å². The molecule has 0 radical (unpaired) electrons. The number of ether oxygens (including phenoxy) is 6. The second-order valence-corrected chi connectivity index (χ2v) is 9.69. The van der Waals surface area contributed by atoms with Crippen LogP contribution in [0, 0.1) is 0 Å². The van der Waals surface area contributed by atoms with Gasteiger partial charge in [-0.3, -0.25) is 14.4 Å². The van der Waals surface area contributed by atoms with Crippen LogP contribution in [-0.4, -0.2) is 81.0 Å². The van der Waals surface area contributed by atoms with Crippen LogP contribution in [0.25, 0.3) is 11.1 Å². The number of nitrogens with one attached hydrogen (secondary N) is 1. The van der Waals surface area contributed by atoms with Crippen LogP contribution in [-0.2, 0) is 42.8 Å². The van der Waals surface area contributed by atoms with Gasteiger partial charge in [-0.1, -0.05) is 48.5 Å². The molecule has 41 heavy (non-hydrogen) atoms. The molecule has 2 unspecified atom stereocenters. The van der Waals surface area contributed by atoms with E-state index in [1.54, 1.807) is 0 Å². The molecular formula is C29H34N2O10. The maximum absolute atomic E-state index is 12.5. The topological polar surface area (TPSA) is 162 Å². The Kier molecular flexibility index (Phi) is 9.92. The molecule has 2 aliphatic rings. The van der Waals surface area contributed by atoms with E-state index in [1.165, 1.54) is 20.8 Å². The fourth-order valence-corrected chi connectivity index (χ4v) is 5.06. The molecule has 3 N–H and O–H groups in total. The number of carbonyl (C=O) groups is 4. The number of nitrogens with two attached hydrogens (primary N) is 1. The molecule has 12 heteroatoms. The fourth-order valence-electron chi connectivity index (χ4n) is 5.06. The maximum atomic E-state index is 12.5. The highest BCUT2D eigenvalue weighted by Gasteiger charge is 2.49. The van der Waals surface area contributed by atoms with Gasteiger partial charge in [0.1, 0.15) is 19.3 Å². The van der Waals surface area contributed by atoms with Crippen LogP contribution in [0.4, 0.5) is 4.79 Å². The quantitative estimate of drug-likeness (QED) is 0.244. The van der Waals surface area contributed by atoms with Crippen molar-refractivity contribution in [3.05, 3.63) is 59.7 Å². The molecule has 2 aromatic rings. The van der Waals surface area contributed by atoms with Crippen LogP contribution in [0.15, 0.2) is 48.5 Å². The first-order valence-electron chi connectivity index (χ1n) is 13.2. The first kappa shape index (κ1) is 30.0. The number of carbonyl (C=O) groups excluding carboxylic acids is 4. The third-order valence-electron chi connectivity index (χ3n) is 6.74. The van der Waals surface area contributed by atoms with Gasteiger partial charge < -0.3 is 39.5 Å². The SMILES string of the molecule is CC(=O)OCC1O[C@@H](OCCNC(=O)OCC2c3ccccc3-c3ccccc32)C(N)[C@@H](OC(C)=O)[C@H]1OC(C)=O. The largest absolute Gasteiger partial charge is 0.463 e. The molecule has 4 rings (SSSR count). The molecule has 1 saturated heterocycles. The van der Waals surface area contributed by atoms with Crippen LogP contribution in [0.5, 0.6) is 0 Å². The van der Waals surface area contributed by atoms with Crippen molar-refractivity contribution in [3.8, 4) is 11.1 Å². The van der Waals surface area contributed by atoms with E-state index in [-0.39, 0.29) is 32.3 Å². The Balaban J connectivity index is 1.31. The van der Waals surface area contributed by atoms with E-state index in [0.29, 0.717) is 0 Å². The van der Waals surface area contributed by atoms with Gasteiger partial charge in [-0.25, -0.2) is 4.79 Å².